The van der Waals surface area contributed by atoms with Gasteiger partial charge in [0.15, 0.2) is 0 Å². The summed E-state index contributed by atoms with van der Waals surface area (Å²) in [6.07, 6.45) is 0.327. The Hall–Kier alpha value is -2.86. The lowest BCUT2D eigenvalue weighted by Gasteiger charge is -2.32. The van der Waals surface area contributed by atoms with Crippen LogP contribution in [0.2, 0.25) is 0 Å². The van der Waals surface area contributed by atoms with Crippen molar-refractivity contribution in [1.82, 2.24) is 4.57 Å². The number of hydrogen-bond donors (Lipinski definition) is 0. The topological polar surface area (TPSA) is 51.5 Å². The highest BCUT2D eigenvalue weighted by atomic mass is 32.1. The number of amides is 1. The maximum atomic E-state index is 13.1. The third kappa shape index (κ3) is 3.72. The first-order valence-corrected chi connectivity index (χ1v) is 10.6. The zero-order valence-electron chi connectivity index (χ0n) is 16.8. The van der Waals surface area contributed by atoms with Crippen molar-refractivity contribution in [3.63, 3.8) is 0 Å². The first-order chi connectivity index (χ1) is 14.0. The summed E-state index contributed by atoms with van der Waals surface area (Å²) in [5, 5.41) is 0. The van der Waals surface area contributed by atoms with Crippen molar-refractivity contribution >= 4 is 28.7 Å². The molecule has 1 aromatic heterocycles. The predicted molar refractivity (Wildman–Crippen MR) is 116 cm³/mol. The van der Waals surface area contributed by atoms with Crippen LogP contribution in [-0.4, -0.2) is 17.1 Å². The van der Waals surface area contributed by atoms with Crippen LogP contribution in [-0.2, 0) is 11.8 Å². The van der Waals surface area contributed by atoms with Crippen molar-refractivity contribution < 1.29 is 9.53 Å². The van der Waals surface area contributed by atoms with Crippen molar-refractivity contribution in [2.75, 3.05) is 11.5 Å². The van der Waals surface area contributed by atoms with Crippen molar-refractivity contribution in [2.45, 2.75) is 26.2 Å². The van der Waals surface area contributed by atoms with Crippen LogP contribution in [0.25, 0.3) is 0 Å². The Morgan fingerprint density at radius 2 is 1.76 bits per heavy atom. The number of anilines is 2. The summed E-state index contributed by atoms with van der Waals surface area (Å²) >= 11 is 1.22. The molecule has 0 bridgehead atoms. The van der Waals surface area contributed by atoms with Gasteiger partial charge in [0.1, 0.15) is 11.6 Å². The van der Waals surface area contributed by atoms with Crippen LogP contribution in [0.1, 0.15) is 36.6 Å². The van der Waals surface area contributed by atoms with Gasteiger partial charge in [-0.15, -0.1) is 0 Å². The molecule has 5 nitrogen and oxygen atoms in total. The van der Waals surface area contributed by atoms with E-state index in [0.29, 0.717) is 24.8 Å². The molecule has 2 heterocycles. The van der Waals surface area contributed by atoms with E-state index in [0.717, 1.165) is 21.9 Å². The Morgan fingerprint density at radius 3 is 2.41 bits per heavy atom. The molecule has 0 saturated carbocycles. The van der Waals surface area contributed by atoms with Gasteiger partial charge in [-0.3, -0.25) is 19.1 Å². The molecule has 0 spiro atoms. The van der Waals surface area contributed by atoms with Crippen LogP contribution in [0.4, 0.5) is 11.5 Å². The van der Waals surface area contributed by atoms with Crippen LogP contribution >= 0.6 is 11.3 Å². The molecule has 150 valence electrons. The van der Waals surface area contributed by atoms with E-state index in [4.69, 9.17) is 4.74 Å². The molecule has 4 rings (SSSR count). The summed E-state index contributed by atoms with van der Waals surface area (Å²) in [5.41, 5.74) is 1.80. The first kappa shape index (κ1) is 19.5. The molecule has 1 atom stereocenters. The summed E-state index contributed by atoms with van der Waals surface area (Å²) in [6, 6.07) is 17.4. The van der Waals surface area contributed by atoms with E-state index in [1.165, 1.54) is 11.3 Å². The van der Waals surface area contributed by atoms with Gasteiger partial charge in [-0.2, -0.15) is 0 Å². The van der Waals surface area contributed by atoms with Gasteiger partial charge in [0.05, 0.1) is 17.2 Å². The molecule has 29 heavy (non-hydrogen) atoms. The molecular formula is C23H24N2O3S. The van der Waals surface area contributed by atoms with E-state index < -0.39 is 0 Å². The summed E-state index contributed by atoms with van der Waals surface area (Å²) in [5.74, 6) is 1.81. The lowest BCUT2D eigenvalue weighted by atomic mass is 9.90. The Balaban J connectivity index is 1.72. The number of fused-ring (bicyclic) bond motifs is 1. The van der Waals surface area contributed by atoms with E-state index in [9.17, 15) is 9.59 Å². The van der Waals surface area contributed by atoms with Crippen molar-refractivity contribution in [1.29, 1.82) is 0 Å². The third-order valence-corrected chi connectivity index (χ3v) is 6.18. The second-order valence-electron chi connectivity index (χ2n) is 7.71. The largest absolute Gasteiger partial charge is 0.493 e. The highest BCUT2D eigenvalue weighted by Crippen LogP contribution is 2.44. The number of para-hydroxylation sites is 1. The fraction of sp³-hybridized carbons (Fsp3) is 0.304. The van der Waals surface area contributed by atoms with Gasteiger partial charge in [0.2, 0.25) is 5.91 Å². The maximum Gasteiger partial charge on any atom is 0.308 e. The van der Waals surface area contributed by atoms with Gasteiger partial charge in [-0.25, -0.2) is 0 Å². The Labute approximate surface area is 174 Å². The quantitative estimate of drug-likeness (QED) is 0.616. The number of hydrogen-bond acceptors (Lipinski definition) is 4. The molecule has 0 fully saturated rings. The molecule has 6 heteroatoms. The summed E-state index contributed by atoms with van der Waals surface area (Å²) in [4.78, 5) is 28.2. The van der Waals surface area contributed by atoms with Crippen molar-refractivity contribution in [2.24, 2.45) is 13.0 Å². The number of carbonyl (C=O) groups excluding carboxylic acids is 1. The number of carbonyl (C=O) groups is 1. The standard InChI is InChI=1S/C23H24N2O3S/c1-15(2)14-28-18-11-9-16(10-12-18)19-13-20(26)25(17-7-5-4-6-8-17)22-21(19)29-23(27)24(22)3/h4-12,15,19H,13-14H2,1-3H3. The van der Waals surface area contributed by atoms with E-state index in [1.807, 2.05) is 54.6 Å². The van der Waals surface area contributed by atoms with Crippen LogP contribution in [0.3, 0.4) is 0 Å². The Kier molecular flexibility index (Phi) is 5.28. The maximum absolute atomic E-state index is 13.1. The molecule has 2 aromatic carbocycles. The van der Waals surface area contributed by atoms with Crippen molar-refractivity contribution in [3.05, 3.63) is 74.7 Å². The number of ether oxygens (including phenoxy) is 1. The van der Waals surface area contributed by atoms with E-state index in [2.05, 4.69) is 13.8 Å². The number of thiazole rings is 1. The molecule has 0 aliphatic carbocycles. The summed E-state index contributed by atoms with van der Waals surface area (Å²) in [6.45, 7) is 4.89. The zero-order valence-corrected chi connectivity index (χ0v) is 17.6. The van der Waals surface area contributed by atoms with E-state index in [1.54, 1.807) is 16.5 Å². The SMILES string of the molecule is CC(C)COc1ccc(C2CC(=O)N(c3ccccc3)c3c2sc(=O)n3C)cc1. The smallest absolute Gasteiger partial charge is 0.308 e. The molecule has 3 aromatic rings. The average Bonchev–Trinajstić information content (AvgIpc) is 3.01. The molecular weight excluding hydrogens is 384 g/mol. The molecule has 1 aliphatic rings. The van der Waals surface area contributed by atoms with Gasteiger partial charge in [0, 0.05) is 19.4 Å². The number of aromatic nitrogens is 1. The monoisotopic (exact) mass is 408 g/mol. The summed E-state index contributed by atoms with van der Waals surface area (Å²) < 4.78 is 7.35. The van der Waals surface area contributed by atoms with Gasteiger partial charge < -0.3 is 4.74 Å². The highest BCUT2D eigenvalue weighted by molar-refractivity contribution is 7.10. The second-order valence-corrected chi connectivity index (χ2v) is 8.70. The molecule has 1 unspecified atom stereocenters. The average molecular weight is 409 g/mol. The molecule has 0 radical (unpaired) electrons. The van der Waals surface area contributed by atoms with Crippen LogP contribution < -0.4 is 14.5 Å². The minimum atomic E-state index is -0.129. The minimum absolute atomic E-state index is 0.0118. The number of benzene rings is 2. The van der Waals surface area contributed by atoms with Gasteiger partial charge >= 0.3 is 4.87 Å². The van der Waals surface area contributed by atoms with Gasteiger partial charge in [-0.1, -0.05) is 55.5 Å². The molecule has 0 N–H and O–H groups in total. The zero-order chi connectivity index (χ0) is 20.5. The van der Waals surface area contributed by atoms with Gasteiger partial charge in [0.25, 0.3) is 0 Å². The predicted octanol–water partition coefficient (Wildman–Crippen LogP) is 4.68. The summed E-state index contributed by atoms with van der Waals surface area (Å²) in [7, 11) is 1.73. The van der Waals surface area contributed by atoms with Crippen LogP contribution in [0.15, 0.2) is 59.4 Å². The van der Waals surface area contributed by atoms with E-state index in [-0.39, 0.29) is 16.7 Å². The number of rotatable bonds is 5. The van der Waals surface area contributed by atoms with Crippen LogP contribution in [0, 0.1) is 5.92 Å². The number of nitrogens with zero attached hydrogens (tertiary/aromatic N) is 2. The van der Waals surface area contributed by atoms with E-state index >= 15 is 0 Å². The first-order valence-electron chi connectivity index (χ1n) is 9.76. The fourth-order valence-electron chi connectivity index (χ4n) is 3.60. The minimum Gasteiger partial charge on any atom is -0.493 e. The Bertz CT molecular complexity index is 1070. The Morgan fingerprint density at radius 1 is 1.07 bits per heavy atom. The lowest BCUT2D eigenvalue weighted by Crippen LogP contribution is -2.34. The molecule has 1 amide bonds. The molecule has 0 saturated heterocycles. The third-order valence-electron chi connectivity index (χ3n) is 5.05. The van der Waals surface area contributed by atoms with Gasteiger partial charge in [-0.05, 0) is 35.7 Å². The fourth-order valence-corrected chi connectivity index (χ4v) is 4.69. The molecule has 1 aliphatic heterocycles. The van der Waals surface area contributed by atoms with Crippen molar-refractivity contribution in [3.8, 4) is 5.75 Å². The van der Waals surface area contributed by atoms with Crippen LogP contribution in [0.5, 0.6) is 5.75 Å². The highest BCUT2D eigenvalue weighted by Gasteiger charge is 2.37. The normalized spacial score (nSPS) is 16.2. The lowest BCUT2D eigenvalue weighted by molar-refractivity contribution is -0.118. The second kappa shape index (κ2) is 7.87.